The lowest BCUT2D eigenvalue weighted by atomic mass is 10.0. The molecule has 0 fully saturated rings. The highest BCUT2D eigenvalue weighted by Crippen LogP contribution is 2.13. The Morgan fingerprint density at radius 1 is 0.609 bits per heavy atom. The van der Waals surface area contributed by atoms with Gasteiger partial charge in [0.05, 0.1) is 0 Å². The number of nitrogens with two attached hydrogens (primary N) is 1. The second kappa shape index (κ2) is 23.8. The number of unbranched alkanes of at least 4 members (excludes halogenated alkanes) is 15. The molecule has 140 valence electrons. The van der Waals surface area contributed by atoms with Gasteiger partial charge in [-0.15, -0.1) is 0 Å². The van der Waals surface area contributed by atoms with Crippen LogP contribution in [0.4, 0.5) is 0 Å². The van der Waals surface area contributed by atoms with Crippen molar-refractivity contribution in [2.75, 3.05) is 6.54 Å². The van der Waals surface area contributed by atoms with E-state index in [1.165, 1.54) is 103 Å². The molecular formula is C18H41NO3Si. The van der Waals surface area contributed by atoms with Gasteiger partial charge in [-0.3, -0.25) is 4.46 Å². The van der Waals surface area contributed by atoms with E-state index in [-0.39, 0.29) is 0 Å². The van der Waals surface area contributed by atoms with Gasteiger partial charge in [0.1, 0.15) is 0 Å². The van der Waals surface area contributed by atoms with Gasteiger partial charge < -0.3 is 15.3 Å². The van der Waals surface area contributed by atoms with Gasteiger partial charge >= 0.3 is 9.17 Å². The van der Waals surface area contributed by atoms with Crippen molar-refractivity contribution in [3.8, 4) is 0 Å². The quantitative estimate of drug-likeness (QED) is 0.281. The summed E-state index contributed by atoms with van der Waals surface area (Å²) in [7, 11) is -3.13. The predicted molar refractivity (Wildman–Crippen MR) is 99.5 cm³/mol. The molecule has 0 aliphatic rings. The van der Waals surface area contributed by atoms with Crippen LogP contribution in [-0.4, -0.2) is 25.3 Å². The molecule has 4 nitrogen and oxygen atoms in total. The molecule has 0 aliphatic heterocycles. The maximum atomic E-state index is 8.74. The third-order valence-electron chi connectivity index (χ3n) is 4.06. The van der Waals surface area contributed by atoms with E-state index >= 15 is 0 Å². The van der Waals surface area contributed by atoms with Gasteiger partial charge in [0.15, 0.2) is 0 Å². The van der Waals surface area contributed by atoms with Crippen LogP contribution in [0.5, 0.6) is 0 Å². The van der Waals surface area contributed by atoms with Gasteiger partial charge in [0, 0.05) is 0 Å². The molecule has 0 heterocycles. The molecule has 0 spiro atoms. The first kappa shape index (κ1) is 24.8. The minimum Gasteiger partial charge on any atom is -0.511 e. The Labute approximate surface area is 145 Å². The minimum atomic E-state index is -3.13. The van der Waals surface area contributed by atoms with Crippen molar-refractivity contribution in [1.82, 2.24) is 0 Å². The van der Waals surface area contributed by atoms with Gasteiger partial charge in [0.2, 0.25) is 0 Å². The van der Waals surface area contributed by atoms with Crippen LogP contribution >= 0.6 is 0 Å². The monoisotopic (exact) mass is 347 g/mol. The molecule has 0 saturated heterocycles. The summed E-state index contributed by atoms with van der Waals surface area (Å²) in [6, 6.07) is 0. The Balaban J connectivity index is 0. The van der Waals surface area contributed by atoms with E-state index in [1.807, 2.05) is 0 Å². The molecule has 0 aromatic rings. The van der Waals surface area contributed by atoms with E-state index in [1.54, 1.807) is 0 Å². The molecule has 0 atom stereocenters. The summed E-state index contributed by atoms with van der Waals surface area (Å²) < 4.78 is 8.74. The summed E-state index contributed by atoms with van der Waals surface area (Å²) in [6.07, 6.45) is 22.9. The van der Waals surface area contributed by atoms with Gasteiger partial charge in [-0.05, 0) is 13.0 Å². The molecule has 0 unspecified atom stereocenters. The molecule has 0 bridgehead atoms. The standard InChI is InChI=1S/C18H39N.H2O3Si/c1-2-3-4-5-6-7-8-9-10-11-12-13-14-15-16-17-18-19;1-4(2)3/h2-19H2,1H3;1-2H. The number of rotatable bonds is 16. The summed E-state index contributed by atoms with van der Waals surface area (Å²) in [4.78, 5) is 14.3. The van der Waals surface area contributed by atoms with Crippen LogP contribution in [0.2, 0.25) is 0 Å². The van der Waals surface area contributed by atoms with Gasteiger partial charge in [0.25, 0.3) is 0 Å². The molecular weight excluding hydrogens is 306 g/mol. The van der Waals surface area contributed by atoms with Gasteiger partial charge in [-0.2, -0.15) is 0 Å². The zero-order valence-electron chi connectivity index (χ0n) is 15.4. The smallest absolute Gasteiger partial charge is 0.511 e. The largest absolute Gasteiger partial charge is 0.761 e. The fraction of sp³-hybridized carbons (Fsp3) is 1.00. The number of hydrogen-bond acceptors (Lipinski definition) is 2. The lowest BCUT2D eigenvalue weighted by Gasteiger charge is -2.03. The third-order valence-corrected chi connectivity index (χ3v) is 4.06. The van der Waals surface area contributed by atoms with Gasteiger partial charge in [-0.25, -0.2) is 0 Å². The van der Waals surface area contributed by atoms with Crippen molar-refractivity contribution in [2.45, 2.75) is 110 Å². The van der Waals surface area contributed by atoms with E-state index in [4.69, 9.17) is 19.8 Å². The molecule has 0 amide bonds. The minimum absolute atomic E-state index is 0.873. The average molecular weight is 348 g/mol. The topological polar surface area (TPSA) is 83.6 Å². The van der Waals surface area contributed by atoms with Crippen LogP contribution in [-0.2, 0) is 4.46 Å². The molecule has 0 radical (unpaired) electrons. The van der Waals surface area contributed by atoms with Gasteiger partial charge in [-0.1, -0.05) is 103 Å². The molecule has 0 aromatic heterocycles. The maximum absolute atomic E-state index is 8.74. The highest BCUT2D eigenvalue weighted by Gasteiger charge is 1.94. The number of hydrogen-bond donors (Lipinski definition) is 3. The zero-order valence-corrected chi connectivity index (χ0v) is 16.4. The van der Waals surface area contributed by atoms with Crippen molar-refractivity contribution in [3.63, 3.8) is 0 Å². The molecule has 23 heavy (non-hydrogen) atoms. The van der Waals surface area contributed by atoms with Crippen molar-refractivity contribution < 1.29 is 14.1 Å². The Hall–Kier alpha value is -0.423. The van der Waals surface area contributed by atoms with E-state index < -0.39 is 9.17 Å². The Bertz CT molecular complexity index is 208. The Morgan fingerprint density at radius 3 is 1.04 bits per heavy atom. The van der Waals surface area contributed by atoms with E-state index in [2.05, 4.69) is 6.92 Å². The summed E-state index contributed by atoms with van der Waals surface area (Å²) >= 11 is 0. The van der Waals surface area contributed by atoms with Crippen LogP contribution in [0, 0.1) is 0 Å². The summed E-state index contributed by atoms with van der Waals surface area (Å²) in [5.74, 6) is 0. The molecule has 0 aliphatic carbocycles. The van der Waals surface area contributed by atoms with Crippen LogP contribution in [0.1, 0.15) is 110 Å². The second-order valence-corrected chi connectivity index (χ2v) is 6.94. The first-order chi connectivity index (χ1) is 11.1. The highest BCUT2D eigenvalue weighted by molar-refractivity contribution is 6.22. The Kier molecular flexibility index (Phi) is 25.7. The summed E-state index contributed by atoms with van der Waals surface area (Å²) in [5.41, 5.74) is 5.48. The summed E-state index contributed by atoms with van der Waals surface area (Å²) in [6.45, 7) is 3.16. The van der Waals surface area contributed by atoms with Crippen LogP contribution in [0.15, 0.2) is 0 Å². The van der Waals surface area contributed by atoms with Crippen molar-refractivity contribution in [2.24, 2.45) is 5.73 Å². The summed E-state index contributed by atoms with van der Waals surface area (Å²) in [5, 5.41) is 0. The van der Waals surface area contributed by atoms with E-state index in [9.17, 15) is 0 Å². The van der Waals surface area contributed by atoms with Crippen molar-refractivity contribution >= 4 is 9.17 Å². The van der Waals surface area contributed by atoms with Crippen molar-refractivity contribution in [3.05, 3.63) is 0 Å². The SMILES string of the molecule is CCCCCCCCCCCCCCCCCCN.O=[Si](O)O. The van der Waals surface area contributed by atoms with E-state index in [0.29, 0.717) is 0 Å². The average Bonchev–Trinajstić information content (AvgIpc) is 2.50. The van der Waals surface area contributed by atoms with E-state index in [0.717, 1.165) is 6.54 Å². The normalized spacial score (nSPS) is 10.2. The lowest BCUT2D eigenvalue weighted by Crippen LogP contribution is -1.97. The fourth-order valence-electron chi connectivity index (χ4n) is 2.69. The molecule has 0 saturated carbocycles. The first-order valence-corrected chi connectivity index (χ1v) is 11.1. The van der Waals surface area contributed by atoms with Crippen LogP contribution in [0.25, 0.3) is 0 Å². The third kappa shape index (κ3) is 34.1. The second-order valence-electron chi connectivity index (χ2n) is 6.37. The fourth-order valence-corrected chi connectivity index (χ4v) is 2.69. The Morgan fingerprint density at radius 2 is 0.826 bits per heavy atom. The molecule has 4 N–H and O–H groups in total. The van der Waals surface area contributed by atoms with Crippen LogP contribution in [0.3, 0.4) is 0 Å². The molecule has 0 rings (SSSR count). The highest BCUT2D eigenvalue weighted by atomic mass is 28.3. The lowest BCUT2D eigenvalue weighted by molar-refractivity contribution is 0.330. The predicted octanol–water partition coefficient (Wildman–Crippen LogP) is 4.59. The maximum Gasteiger partial charge on any atom is 0.761 e. The zero-order chi connectivity index (χ0) is 17.6. The van der Waals surface area contributed by atoms with Crippen molar-refractivity contribution in [1.29, 1.82) is 0 Å². The molecule has 0 aromatic carbocycles. The first-order valence-electron chi connectivity index (χ1n) is 9.77. The molecule has 5 heteroatoms. The van der Waals surface area contributed by atoms with Crippen LogP contribution < -0.4 is 5.73 Å².